The molecule has 0 amide bonds. The van der Waals surface area contributed by atoms with Crippen LogP contribution < -0.4 is 0 Å². The zero-order valence-electron chi connectivity index (χ0n) is 50.4. The Labute approximate surface area is 476 Å². The van der Waals surface area contributed by atoms with Crippen LogP contribution in [-0.2, 0) is 28.6 Å². The average Bonchev–Trinajstić information content (AvgIpc) is 3.43. The molecule has 0 aliphatic rings. The van der Waals surface area contributed by atoms with Crippen LogP contribution >= 0.6 is 0 Å². The molecule has 0 aromatic rings. The molecule has 77 heavy (non-hydrogen) atoms. The quantitative estimate of drug-likeness (QED) is 0.0261. The van der Waals surface area contributed by atoms with Gasteiger partial charge in [0.2, 0.25) is 0 Å². The second-order valence-corrected chi connectivity index (χ2v) is 21.3. The third-order valence-electron chi connectivity index (χ3n) is 13.8. The summed E-state index contributed by atoms with van der Waals surface area (Å²) in [5.74, 6) is -1.02. The number of carbonyl (C=O) groups excluding carboxylic acids is 3. The van der Waals surface area contributed by atoms with E-state index < -0.39 is 12.1 Å². The minimum absolute atomic E-state index is 0.117. The zero-order chi connectivity index (χ0) is 55.7. The number of carbonyl (C=O) groups is 3. The zero-order valence-corrected chi connectivity index (χ0v) is 50.4. The van der Waals surface area contributed by atoms with E-state index in [1.807, 2.05) is 6.08 Å². The Morgan fingerprint density at radius 1 is 0.260 bits per heavy atom. The predicted octanol–water partition coefficient (Wildman–Crippen LogP) is 22.2. The monoisotopic (exact) mass is 1070 g/mol. The van der Waals surface area contributed by atoms with Crippen LogP contribution in [0.2, 0.25) is 0 Å². The molecule has 0 spiro atoms. The van der Waals surface area contributed by atoms with E-state index >= 15 is 0 Å². The first kappa shape index (κ1) is 73.1. The van der Waals surface area contributed by atoms with Gasteiger partial charge in [-0.15, -0.1) is 0 Å². The molecule has 0 aliphatic heterocycles. The van der Waals surface area contributed by atoms with Gasteiger partial charge in [-0.3, -0.25) is 14.4 Å². The van der Waals surface area contributed by atoms with Gasteiger partial charge in [-0.25, -0.2) is 0 Å². The van der Waals surface area contributed by atoms with Gasteiger partial charge >= 0.3 is 17.9 Å². The second-order valence-electron chi connectivity index (χ2n) is 21.3. The van der Waals surface area contributed by atoms with Gasteiger partial charge in [0.1, 0.15) is 13.2 Å². The lowest BCUT2D eigenvalue weighted by molar-refractivity contribution is -0.166. The van der Waals surface area contributed by atoms with Crippen molar-refractivity contribution in [1.82, 2.24) is 0 Å². The number of allylic oxidation sites excluding steroid dienone is 18. The number of unbranched alkanes of at least 4 members (excludes halogenated alkanes) is 29. The van der Waals surface area contributed by atoms with E-state index in [0.29, 0.717) is 19.3 Å². The summed E-state index contributed by atoms with van der Waals surface area (Å²) in [5.41, 5.74) is 0. The standard InChI is InChI=1S/C71H120O6/c1-4-7-10-13-16-19-22-25-28-31-34-35-38-40-43-46-49-52-55-58-61-64-70(73)76-67-68(77-71(74)65-62-59-56-53-50-47-44-41-37-33-30-27-24-21-18-15-12-9-6-3)66-75-69(72)63-60-57-54-51-48-45-42-39-36-32-29-26-23-20-17-14-11-8-5-2/h17-18,20-21,26-27,29-30,36-37,39,41,45,47-48,50,56,59,68H,4-16,19,22-25,28,31-35,38,40,42-44,46,49,51-55,57-58,60-67H2,1-3H3/b20-17-,21-18-,29-26-,30-27-,39-36-,41-37-,48-45-,50-47-,59-56-/t68-/m1/s1. The van der Waals surface area contributed by atoms with Crippen LogP contribution in [0.15, 0.2) is 109 Å². The Kier molecular flexibility index (Phi) is 61.3. The molecule has 0 unspecified atom stereocenters. The third kappa shape index (κ3) is 62.8. The van der Waals surface area contributed by atoms with E-state index in [1.165, 1.54) is 167 Å². The second kappa shape index (κ2) is 64.6. The highest BCUT2D eigenvalue weighted by atomic mass is 16.6. The van der Waals surface area contributed by atoms with Crippen molar-refractivity contribution in [2.24, 2.45) is 0 Å². The molecule has 0 aromatic carbocycles. The van der Waals surface area contributed by atoms with E-state index in [1.54, 1.807) is 0 Å². The minimum atomic E-state index is -0.833. The van der Waals surface area contributed by atoms with E-state index in [-0.39, 0.29) is 31.6 Å². The summed E-state index contributed by atoms with van der Waals surface area (Å²) in [5, 5.41) is 0. The Hall–Kier alpha value is -3.93. The third-order valence-corrected chi connectivity index (χ3v) is 13.8. The lowest BCUT2D eigenvalue weighted by Crippen LogP contribution is -2.30. The molecule has 0 N–H and O–H groups in total. The van der Waals surface area contributed by atoms with Gasteiger partial charge in [0.25, 0.3) is 0 Å². The minimum Gasteiger partial charge on any atom is -0.462 e. The summed E-state index contributed by atoms with van der Waals surface area (Å²) in [6.45, 7) is 6.53. The van der Waals surface area contributed by atoms with Gasteiger partial charge < -0.3 is 14.2 Å². The molecule has 0 saturated heterocycles. The number of hydrogen-bond acceptors (Lipinski definition) is 6. The topological polar surface area (TPSA) is 78.9 Å². The summed E-state index contributed by atoms with van der Waals surface area (Å²) in [6.07, 6.45) is 88.2. The Bertz CT molecular complexity index is 1560. The Morgan fingerprint density at radius 3 is 0.805 bits per heavy atom. The van der Waals surface area contributed by atoms with E-state index in [4.69, 9.17) is 14.2 Å². The van der Waals surface area contributed by atoms with Gasteiger partial charge in [-0.1, -0.05) is 291 Å². The molecule has 440 valence electrons. The first-order chi connectivity index (χ1) is 38.0. The maximum atomic E-state index is 12.9. The van der Waals surface area contributed by atoms with Crippen molar-refractivity contribution in [3.63, 3.8) is 0 Å². The van der Waals surface area contributed by atoms with Crippen LogP contribution in [0.1, 0.15) is 303 Å². The molecule has 0 saturated carbocycles. The van der Waals surface area contributed by atoms with Crippen molar-refractivity contribution >= 4 is 17.9 Å². The maximum Gasteiger partial charge on any atom is 0.306 e. The fraction of sp³-hybridized carbons (Fsp3) is 0.704. The van der Waals surface area contributed by atoms with Crippen molar-refractivity contribution in [2.75, 3.05) is 13.2 Å². The van der Waals surface area contributed by atoms with Gasteiger partial charge in [-0.05, 0) is 103 Å². The average molecular weight is 1070 g/mol. The SMILES string of the molecule is CCCCC/C=C\C/C=C\C/C=C\C/C=C\C/C=C\CCC(=O)O[C@H](COC(=O)CCCCC/C=C\C/C=C\C/C=C\C/C=C\CCCCC)COC(=O)CCCCCCCCCCCCCCCCCCCCCCC. The predicted molar refractivity (Wildman–Crippen MR) is 334 cm³/mol. The summed E-state index contributed by atoms with van der Waals surface area (Å²) < 4.78 is 16.8. The molecular formula is C71H120O6. The van der Waals surface area contributed by atoms with E-state index in [0.717, 1.165) is 89.9 Å². The van der Waals surface area contributed by atoms with Crippen LogP contribution in [0.5, 0.6) is 0 Å². The molecule has 1 atom stereocenters. The van der Waals surface area contributed by atoms with Crippen molar-refractivity contribution < 1.29 is 28.6 Å². The summed E-state index contributed by atoms with van der Waals surface area (Å²) >= 11 is 0. The normalized spacial score (nSPS) is 12.8. The lowest BCUT2D eigenvalue weighted by Gasteiger charge is -2.18. The molecule has 0 aromatic heterocycles. The molecular weight excluding hydrogens is 949 g/mol. The van der Waals surface area contributed by atoms with Crippen LogP contribution in [-0.4, -0.2) is 37.2 Å². The summed E-state index contributed by atoms with van der Waals surface area (Å²) in [7, 11) is 0. The number of ether oxygens (including phenoxy) is 3. The fourth-order valence-electron chi connectivity index (χ4n) is 8.88. The van der Waals surface area contributed by atoms with Crippen LogP contribution in [0.4, 0.5) is 0 Å². The van der Waals surface area contributed by atoms with Crippen molar-refractivity contribution in [1.29, 1.82) is 0 Å². The molecule has 0 aliphatic carbocycles. The van der Waals surface area contributed by atoms with Gasteiger partial charge in [0, 0.05) is 19.3 Å². The molecule has 6 nitrogen and oxygen atoms in total. The highest BCUT2D eigenvalue weighted by Gasteiger charge is 2.19. The first-order valence-electron chi connectivity index (χ1n) is 32.4. The van der Waals surface area contributed by atoms with Crippen LogP contribution in [0.25, 0.3) is 0 Å². The molecule has 0 radical (unpaired) electrons. The van der Waals surface area contributed by atoms with Crippen LogP contribution in [0.3, 0.4) is 0 Å². The Balaban J connectivity index is 4.52. The van der Waals surface area contributed by atoms with E-state index in [2.05, 4.69) is 124 Å². The van der Waals surface area contributed by atoms with Gasteiger partial charge in [-0.2, -0.15) is 0 Å². The molecule has 0 heterocycles. The summed E-state index contributed by atoms with van der Waals surface area (Å²) in [4.78, 5) is 38.3. The van der Waals surface area contributed by atoms with E-state index in [9.17, 15) is 14.4 Å². The Morgan fingerprint density at radius 2 is 0.494 bits per heavy atom. The number of hydrogen-bond donors (Lipinski definition) is 0. The van der Waals surface area contributed by atoms with Crippen molar-refractivity contribution in [3.05, 3.63) is 109 Å². The number of esters is 3. The lowest BCUT2D eigenvalue weighted by atomic mass is 10.0. The van der Waals surface area contributed by atoms with Gasteiger partial charge in [0.15, 0.2) is 6.10 Å². The first-order valence-corrected chi connectivity index (χ1v) is 32.4. The smallest absolute Gasteiger partial charge is 0.306 e. The van der Waals surface area contributed by atoms with Crippen molar-refractivity contribution in [3.8, 4) is 0 Å². The van der Waals surface area contributed by atoms with Crippen LogP contribution in [0, 0.1) is 0 Å². The molecule has 6 heteroatoms. The summed E-state index contributed by atoms with van der Waals surface area (Å²) in [6, 6.07) is 0. The van der Waals surface area contributed by atoms with Gasteiger partial charge in [0.05, 0.1) is 0 Å². The largest absolute Gasteiger partial charge is 0.462 e. The number of rotatable bonds is 58. The molecule has 0 rings (SSSR count). The highest BCUT2D eigenvalue weighted by Crippen LogP contribution is 2.16. The molecule has 0 bridgehead atoms. The molecule has 0 fully saturated rings. The maximum absolute atomic E-state index is 12.9. The highest BCUT2D eigenvalue weighted by molar-refractivity contribution is 5.71. The van der Waals surface area contributed by atoms with Crippen molar-refractivity contribution in [2.45, 2.75) is 309 Å². The fourth-order valence-corrected chi connectivity index (χ4v) is 8.88.